The van der Waals surface area contributed by atoms with Gasteiger partial charge in [0.15, 0.2) is 17.5 Å². The largest absolute Gasteiger partial charge is 0.390 e. The van der Waals surface area contributed by atoms with Crippen LogP contribution in [0.4, 0.5) is 16.0 Å². The van der Waals surface area contributed by atoms with Crippen molar-refractivity contribution in [3.05, 3.63) is 65.4 Å². The molecule has 1 spiro atoms. The van der Waals surface area contributed by atoms with Crippen molar-refractivity contribution in [1.82, 2.24) is 15.0 Å². The predicted molar refractivity (Wildman–Crippen MR) is 127 cm³/mol. The van der Waals surface area contributed by atoms with Crippen LogP contribution in [0.2, 0.25) is 0 Å². The molecular weight excluding hydrogens is 439 g/mol. The Labute approximate surface area is 196 Å². The lowest BCUT2D eigenvalue weighted by molar-refractivity contribution is 0.186. The van der Waals surface area contributed by atoms with E-state index in [2.05, 4.69) is 49.4 Å². The molecule has 1 aliphatic carbocycles. The van der Waals surface area contributed by atoms with Gasteiger partial charge in [0.05, 0.1) is 17.7 Å². The second-order valence-corrected chi connectivity index (χ2v) is 9.73. The zero-order chi connectivity index (χ0) is 23.0. The molecule has 0 amide bonds. The molecule has 4 N–H and O–H groups in total. The Bertz CT molecular complexity index is 1170. The summed E-state index contributed by atoms with van der Waals surface area (Å²) in [6.07, 6.45) is 6.11. The third-order valence-electron chi connectivity index (χ3n) is 6.91. The quantitative estimate of drug-likeness (QED) is 0.525. The molecule has 1 aromatic carbocycles. The molecule has 172 valence electrons. The molecule has 33 heavy (non-hydrogen) atoms. The number of nitrogens with one attached hydrogen (secondary N) is 1. The summed E-state index contributed by atoms with van der Waals surface area (Å²) in [6, 6.07) is 10.1. The van der Waals surface area contributed by atoms with Gasteiger partial charge in [0.2, 0.25) is 0 Å². The molecule has 2 aromatic heterocycles. The Hall–Kier alpha value is -2.75. The summed E-state index contributed by atoms with van der Waals surface area (Å²) in [5.74, 6) is 0.435. The number of aliphatic hydroxyl groups excluding tert-OH is 1. The van der Waals surface area contributed by atoms with Crippen molar-refractivity contribution in [3.63, 3.8) is 0 Å². The minimum Gasteiger partial charge on any atom is -0.390 e. The van der Waals surface area contributed by atoms with Crippen LogP contribution < -0.4 is 16.0 Å². The lowest BCUT2D eigenvalue weighted by Gasteiger charge is -2.42. The highest BCUT2D eigenvalue weighted by Crippen LogP contribution is 2.51. The van der Waals surface area contributed by atoms with Crippen LogP contribution in [0.15, 0.2) is 52.6 Å². The smallest absolute Gasteiger partial charge is 0.179 e. The van der Waals surface area contributed by atoms with Crippen molar-refractivity contribution >= 4 is 23.4 Å². The van der Waals surface area contributed by atoms with Gasteiger partial charge in [-0.25, -0.2) is 19.3 Å². The van der Waals surface area contributed by atoms with Gasteiger partial charge in [-0.3, -0.25) is 0 Å². The van der Waals surface area contributed by atoms with E-state index in [-0.39, 0.29) is 23.9 Å². The first-order valence-corrected chi connectivity index (χ1v) is 11.9. The zero-order valence-electron chi connectivity index (χ0n) is 18.5. The predicted octanol–water partition coefficient (Wildman–Crippen LogP) is 3.54. The van der Waals surface area contributed by atoms with Gasteiger partial charge in [-0.15, -0.1) is 0 Å². The fourth-order valence-electron chi connectivity index (χ4n) is 5.08. The van der Waals surface area contributed by atoms with E-state index in [0.29, 0.717) is 21.4 Å². The average Bonchev–Trinajstić information content (AvgIpc) is 3.12. The summed E-state index contributed by atoms with van der Waals surface area (Å²) in [5.41, 5.74) is 9.90. The second-order valence-electron chi connectivity index (χ2n) is 8.66. The molecule has 0 bridgehead atoms. The summed E-state index contributed by atoms with van der Waals surface area (Å²) in [4.78, 5) is 15.7. The molecule has 2 aliphatic rings. The standard InChI is InChI=1S/C24H27FN6OS/c1-27-22-20(25)18(6-9-28-22)33-19-13-29-23(17(14-32)30-19)31-10-7-24(8-11-31)12-15-4-2-3-5-16(15)21(24)26/h2-6,9,13,21,32H,7-8,10-12,14,26H2,1H3,(H,27,28)/t21-/m1/s1. The first kappa shape index (κ1) is 22.1. The highest BCUT2D eigenvalue weighted by molar-refractivity contribution is 7.99. The van der Waals surface area contributed by atoms with Crippen molar-refractivity contribution in [2.75, 3.05) is 30.4 Å². The number of hydrogen-bond donors (Lipinski definition) is 3. The van der Waals surface area contributed by atoms with Crippen molar-refractivity contribution in [2.24, 2.45) is 11.1 Å². The van der Waals surface area contributed by atoms with Gasteiger partial charge in [-0.2, -0.15) is 0 Å². The van der Waals surface area contributed by atoms with E-state index in [9.17, 15) is 9.50 Å². The molecule has 7 nitrogen and oxygen atoms in total. The van der Waals surface area contributed by atoms with E-state index in [1.54, 1.807) is 25.5 Å². The maximum atomic E-state index is 14.5. The van der Waals surface area contributed by atoms with Crippen molar-refractivity contribution in [1.29, 1.82) is 0 Å². The molecule has 5 rings (SSSR count). The Morgan fingerprint density at radius 2 is 2.03 bits per heavy atom. The number of pyridine rings is 1. The Morgan fingerprint density at radius 3 is 2.76 bits per heavy atom. The van der Waals surface area contributed by atoms with Gasteiger partial charge in [-0.1, -0.05) is 36.0 Å². The molecule has 0 saturated carbocycles. The Kier molecular flexibility index (Phi) is 5.94. The fourth-order valence-corrected chi connectivity index (χ4v) is 5.89. The van der Waals surface area contributed by atoms with E-state index >= 15 is 0 Å². The number of rotatable bonds is 5. The SMILES string of the molecule is CNc1nccc(Sc2cnc(N3CCC4(CC3)Cc3ccccc3[C@H]4N)c(CO)n2)c1F. The number of piperidine rings is 1. The van der Waals surface area contributed by atoms with Gasteiger partial charge in [0, 0.05) is 32.4 Å². The molecule has 1 saturated heterocycles. The molecular formula is C24H27FN6OS. The lowest BCUT2D eigenvalue weighted by atomic mass is 9.73. The number of hydrogen-bond acceptors (Lipinski definition) is 8. The molecule has 3 aromatic rings. The van der Waals surface area contributed by atoms with Gasteiger partial charge >= 0.3 is 0 Å². The van der Waals surface area contributed by atoms with Crippen LogP contribution in [0.5, 0.6) is 0 Å². The van der Waals surface area contributed by atoms with E-state index in [1.807, 2.05) is 0 Å². The number of aromatic nitrogens is 3. The fraction of sp³-hybridized carbons (Fsp3) is 0.375. The summed E-state index contributed by atoms with van der Waals surface area (Å²) in [6.45, 7) is 1.38. The minimum absolute atomic E-state index is 0.0517. The van der Waals surface area contributed by atoms with Crippen LogP contribution in [-0.4, -0.2) is 40.2 Å². The number of benzene rings is 1. The van der Waals surface area contributed by atoms with E-state index in [1.165, 1.54) is 11.1 Å². The number of nitrogens with zero attached hydrogens (tertiary/aromatic N) is 4. The number of fused-ring (bicyclic) bond motifs is 1. The van der Waals surface area contributed by atoms with E-state index in [4.69, 9.17) is 5.73 Å². The number of anilines is 2. The first-order valence-electron chi connectivity index (χ1n) is 11.1. The highest BCUT2D eigenvalue weighted by Gasteiger charge is 2.46. The van der Waals surface area contributed by atoms with Crippen LogP contribution in [-0.2, 0) is 13.0 Å². The van der Waals surface area contributed by atoms with Crippen molar-refractivity contribution in [3.8, 4) is 0 Å². The topological polar surface area (TPSA) is 100 Å². The van der Waals surface area contributed by atoms with Crippen LogP contribution >= 0.6 is 11.8 Å². The van der Waals surface area contributed by atoms with Crippen molar-refractivity contribution in [2.45, 2.75) is 41.8 Å². The summed E-state index contributed by atoms with van der Waals surface area (Å²) in [5, 5.41) is 13.2. The maximum absolute atomic E-state index is 14.5. The van der Waals surface area contributed by atoms with Gasteiger partial charge < -0.3 is 21.1 Å². The van der Waals surface area contributed by atoms with E-state index < -0.39 is 5.82 Å². The second kappa shape index (κ2) is 8.89. The monoisotopic (exact) mass is 466 g/mol. The van der Waals surface area contributed by atoms with E-state index in [0.717, 1.165) is 44.1 Å². The Morgan fingerprint density at radius 1 is 1.24 bits per heavy atom. The highest BCUT2D eigenvalue weighted by atomic mass is 32.2. The van der Waals surface area contributed by atoms with Crippen LogP contribution in [0, 0.1) is 11.2 Å². The summed E-state index contributed by atoms with van der Waals surface area (Å²) in [7, 11) is 1.62. The van der Waals surface area contributed by atoms with Gasteiger partial charge in [-0.05, 0) is 41.9 Å². The maximum Gasteiger partial charge on any atom is 0.179 e. The number of aliphatic hydroxyl groups is 1. The third kappa shape index (κ3) is 3.94. The first-order chi connectivity index (χ1) is 16.0. The normalized spacial score (nSPS) is 19.0. The molecule has 3 heterocycles. The molecule has 1 fully saturated rings. The summed E-state index contributed by atoms with van der Waals surface area (Å²) < 4.78 is 14.5. The van der Waals surface area contributed by atoms with Crippen LogP contribution in [0.1, 0.15) is 35.7 Å². The molecule has 0 unspecified atom stereocenters. The van der Waals surface area contributed by atoms with Gasteiger partial charge in [0.1, 0.15) is 10.7 Å². The molecule has 9 heteroatoms. The number of halogens is 1. The van der Waals surface area contributed by atoms with Crippen LogP contribution in [0.25, 0.3) is 0 Å². The number of nitrogens with two attached hydrogens (primary N) is 1. The molecule has 1 atom stereocenters. The molecule has 0 radical (unpaired) electrons. The van der Waals surface area contributed by atoms with Crippen molar-refractivity contribution < 1.29 is 9.50 Å². The third-order valence-corrected chi connectivity index (χ3v) is 7.85. The van der Waals surface area contributed by atoms with Crippen LogP contribution in [0.3, 0.4) is 0 Å². The lowest BCUT2D eigenvalue weighted by Crippen LogP contribution is -2.45. The Balaban J connectivity index is 1.32. The minimum atomic E-state index is -0.434. The van der Waals surface area contributed by atoms with Gasteiger partial charge in [0.25, 0.3) is 0 Å². The average molecular weight is 467 g/mol. The summed E-state index contributed by atoms with van der Waals surface area (Å²) >= 11 is 1.16. The molecule has 1 aliphatic heterocycles. The zero-order valence-corrected chi connectivity index (χ0v) is 19.3.